The first-order chi connectivity index (χ1) is 12.8. The predicted octanol–water partition coefficient (Wildman–Crippen LogP) is 3.64. The van der Waals surface area contributed by atoms with Gasteiger partial charge in [0.25, 0.3) is 0 Å². The molecule has 0 fully saturated rings. The number of aromatic nitrogens is 1. The van der Waals surface area contributed by atoms with E-state index in [2.05, 4.69) is 9.98 Å². The van der Waals surface area contributed by atoms with Crippen molar-refractivity contribution in [2.24, 2.45) is 10.1 Å². The molecule has 4 rings (SSSR count). The van der Waals surface area contributed by atoms with E-state index in [-0.39, 0.29) is 10.5 Å². The number of nitrogens with zero attached hydrogens (tertiary/aromatic N) is 4. The molecule has 0 saturated carbocycles. The van der Waals surface area contributed by atoms with Crippen molar-refractivity contribution >= 4 is 18.1 Å². The normalized spacial score (nSPS) is 18.5. The highest BCUT2D eigenvalue weighted by Crippen LogP contribution is 2.24. The van der Waals surface area contributed by atoms with Crippen molar-refractivity contribution in [3.8, 4) is 0 Å². The highest BCUT2D eigenvalue weighted by Gasteiger charge is 2.42. The second kappa shape index (κ2) is 6.82. The van der Waals surface area contributed by atoms with Crippen molar-refractivity contribution in [3.05, 3.63) is 102 Å². The topological polar surface area (TPSA) is 54.7 Å². The summed E-state index contributed by atoms with van der Waals surface area (Å²) in [4.78, 5) is 21.8. The van der Waals surface area contributed by atoms with E-state index in [1.54, 1.807) is 30.9 Å². The molecule has 0 saturated heterocycles. The van der Waals surface area contributed by atoms with Crippen LogP contribution in [-0.4, -0.2) is 27.7 Å². The number of pyridine rings is 1. The van der Waals surface area contributed by atoms with Gasteiger partial charge < -0.3 is 0 Å². The van der Waals surface area contributed by atoms with Gasteiger partial charge in [-0.2, -0.15) is 4.99 Å². The molecule has 1 aromatic heterocycles. The van der Waals surface area contributed by atoms with Crippen LogP contribution in [0.1, 0.15) is 21.5 Å². The Morgan fingerprint density at radius 2 is 1.50 bits per heavy atom. The Kier molecular flexibility index (Phi) is 4.21. The SMILES string of the molecule is O=C(c1ccccc1)[N+]1(Cc2ccccc2)C=NC(c2ccncc2)=N1. The summed E-state index contributed by atoms with van der Waals surface area (Å²) in [5.41, 5.74) is 2.46. The van der Waals surface area contributed by atoms with Gasteiger partial charge in [-0.05, 0) is 29.4 Å². The van der Waals surface area contributed by atoms with E-state index < -0.39 is 0 Å². The molecule has 2 heterocycles. The molecule has 5 nitrogen and oxygen atoms in total. The molecular weight excluding hydrogens is 324 g/mol. The van der Waals surface area contributed by atoms with Crippen molar-refractivity contribution in [1.82, 2.24) is 4.98 Å². The van der Waals surface area contributed by atoms with Crippen molar-refractivity contribution in [2.75, 3.05) is 0 Å². The van der Waals surface area contributed by atoms with Gasteiger partial charge in [-0.3, -0.25) is 4.98 Å². The van der Waals surface area contributed by atoms with E-state index in [1.165, 1.54) is 0 Å². The summed E-state index contributed by atoms with van der Waals surface area (Å²) in [5.74, 6) is 0.426. The van der Waals surface area contributed by atoms with Crippen LogP contribution in [0, 0.1) is 0 Å². The Balaban J connectivity index is 1.77. The molecule has 5 heteroatoms. The molecule has 0 bridgehead atoms. The third-order valence-corrected chi connectivity index (χ3v) is 4.22. The quantitative estimate of drug-likeness (QED) is 0.680. The molecule has 1 unspecified atom stereocenters. The van der Waals surface area contributed by atoms with Gasteiger partial charge in [0.1, 0.15) is 6.54 Å². The number of carbonyl (C=O) groups excluding carboxylic acids is 1. The molecule has 1 amide bonds. The molecule has 26 heavy (non-hydrogen) atoms. The first-order valence-electron chi connectivity index (χ1n) is 8.34. The Morgan fingerprint density at radius 1 is 0.846 bits per heavy atom. The fraction of sp³-hybridized carbons (Fsp3) is 0.0476. The summed E-state index contributed by atoms with van der Waals surface area (Å²) < 4.78 is -0.217. The van der Waals surface area contributed by atoms with E-state index in [9.17, 15) is 4.79 Å². The predicted molar refractivity (Wildman–Crippen MR) is 100 cm³/mol. The molecular formula is C21H17N4O+. The molecule has 2 aromatic carbocycles. The van der Waals surface area contributed by atoms with Gasteiger partial charge in [0.2, 0.25) is 12.2 Å². The van der Waals surface area contributed by atoms with Crippen LogP contribution in [-0.2, 0) is 6.54 Å². The highest BCUT2D eigenvalue weighted by atomic mass is 16.2. The lowest BCUT2D eigenvalue weighted by atomic mass is 10.1. The molecule has 3 aromatic rings. The second-order valence-electron chi connectivity index (χ2n) is 6.05. The lowest BCUT2D eigenvalue weighted by Crippen LogP contribution is -2.45. The molecule has 1 aliphatic heterocycles. The number of quaternary nitrogens is 1. The molecule has 0 spiro atoms. The summed E-state index contributed by atoms with van der Waals surface area (Å²) in [6.45, 7) is 0.409. The van der Waals surface area contributed by atoms with Crippen molar-refractivity contribution in [3.63, 3.8) is 0 Å². The molecule has 1 atom stereocenters. The van der Waals surface area contributed by atoms with E-state index in [4.69, 9.17) is 5.10 Å². The van der Waals surface area contributed by atoms with Crippen LogP contribution < -0.4 is 0 Å². The van der Waals surface area contributed by atoms with Gasteiger partial charge >= 0.3 is 5.91 Å². The number of hydrogen-bond acceptors (Lipinski definition) is 4. The van der Waals surface area contributed by atoms with Crippen molar-refractivity contribution in [2.45, 2.75) is 6.54 Å². The zero-order valence-electron chi connectivity index (χ0n) is 14.1. The number of amides is 1. The molecule has 0 aliphatic carbocycles. The maximum absolute atomic E-state index is 13.3. The van der Waals surface area contributed by atoms with Gasteiger partial charge in [0.05, 0.1) is 5.56 Å². The van der Waals surface area contributed by atoms with E-state index in [0.29, 0.717) is 17.9 Å². The third kappa shape index (κ3) is 3.08. The Hall–Kier alpha value is -3.44. The number of benzene rings is 2. The van der Waals surface area contributed by atoms with Crippen molar-refractivity contribution in [1.29, 1.82) is 0 Å². The summed E-state index contributed by atoms with van der Waals surface area (Å²) in [6, 6.07) is 22.7. The molecule has 1 aliphatic rings. The van der Waals surface area contributed by atoms with Gasteiger partial charge in [0, 0.05) is 23.5 Å². The Bertz CT molecular complexity index is 969. The standard InChI is InChI=1S/C21H17N4O/c26-21(19-9-5-2-6-10-19)25(15-17-7-3-1-4-8-17)16-23-20(24-25)18-11-13-22-14-12-18/h1-14,16H,15H2/q+1. The lowest BCUT2D eigenvalue weighted by Gasteiger charge is -2.22. The fourth-order valence-electron chi connectivity index (χ4n) is 2.92. The van der Waals surface area contributed by atoms with Crippen LogP contribution in [0.3, 0.4) is 0 Å². The largest absolute Gasteiger partial charge is 0.378 e. The third-order valence-electron chi connectivity index (χ3n) is 4.22. The van der Waals surface area contributed by atoms with Gasteiger partial charge in [-0.25, -0.2) is 4.79 Å². The van der Waals surface area contributed by atoms with E-state index in [1.807, 2.05) is 60.7 Å². The van der Waals surface area contributed by atoms with Gasteiger partial charge in [0.15, 0.2) is 0 Å². The van der Waals surface area contributed by atoms with Crippen LogP contribution in [0.4, 0.5) is 0 Å². The van der Waals surface area contributed by atoms with Crippen LogP contribution in [0.15, 0.2) is 95.3 Å². The van der Waals surface area contributed by atoms with Crippen LogP contribution in [0.25, 0.3) is 0 Å². The Labute approximate surface area is 151 Å². The first kappa shape index (κ1) is 16.1. The summed E-state index contributed by atoms with van der Waals surface area (Å²) in [7, 11) is 0. The average molecular weight is 341 g/mol. The lowest BCUT2D eigenvalue weighted by molar-refractivity contribution is -0.768. The minimum absolute atomic E-state index is 0.109. The summed E-state index contributed by atoms with van der Waals surface area (Å²) >= 11 is 0. The summed E-state index contributed by atoms with van der Waals surface area (Å²) in [6.07, 6.45) is 5.01. The van der Waals surface area contributed by atoms with Crippen LogP contribution >= 0.6 is 0 Å². The Morgan fingerprint density at radius 3 is 2.19 bits per heavy atom. The monoisotopic (exact) mass is 341 g/mol. The molecule has 126 valence electrons. The minimum Gasteiger partial charge on any atom is -0.265 e. The highest BCUT2D eigenvalue weighted by molar-refractivity contribution is 6.06. The fourth-order valence-corrected chi connectivity index (χ4v) is 2.92. The zero-order chi connectivity index (χ0) is 17.8. The van der Waals surface area contributed by atoms with E-state index in [0.717, 1.165) is 11.1 Å². The van der Waals surface area contributed by atoms with Crippen molar-refractivity contribution < 1.29 is 9.39 Å². The minimum atomic E-state index is -0.217. The molecule has 0 N–H and O–H groups in total. The number of carbonyl (C=O) groups is 1. The average Bonchev–Trinajstić information content (AvgIpc) is 3.15. The van der Waals surface area contributed by atoms with Crippen LogP contribution in [0.2, 0.25) is 0 Å². The molecule has 0 radical (unpaired) electrons. The maximum atomic E-state index is 13.3. The van der Waals surface area contributed by atoms with Crippen LogP contribution in [0.5, 0.6) is 0 Å². The second-order valence-corrected chi connectivity index (χ2v) is 6.05. The maximum Gasteiger partial charge on any atom is 0.378 e. The number of hydrogen-bond donors (Lipinski definition) is 0. The smallest absolute Gasteiger partial charge is 0.265 e. The zero-order valence-corrected chi connectivity index (χ0v) is 14.1. The number of rotatable bonds is 4. The summed E-state index contributed by atoms with van der Waals surface area (Å²) in [5, 5.41) is 4.72. The van der Waals surface area contributed by atoms with Gasteiger partial charge in [-0.1, -0.05) is 53.1 Å². The first-order valence-corrected chi connectivity index (χ1v) is 8.34. The van der Waals surface area contributed by atoms with Gasteiger partial charge in [-0.15, -0.1) is 0 Å². The number of aliphatic imine (C=N–C) groups is 1. The van der Waals surface area contributed by atoms with E-state index >= 15 is 0 Å². The number of amidine groups is 1.